The van der Waals surface area contributed by atoms with Crippen molar-refractivity contribution in [1.29, 1.82) is 0 Å². The summed E-state index contributed by atoms with van der Waals surface area (Å²) in [5.74, 6) is 0. The molecule has 0 fully saturated rings. The fourth-order valence-electron chi connectivity index (χ4n) is 0.971. The van der Waals surface area contributed by atoms with E-state index in [9.17, 15) is 0 Å². The van der Waals surface area contributed by atoms with Crippen LogP contribution in [-0.4, -0.2) is 23.0 Å². The molecule has 0 radical (unpaired) electrons. The van der Waals surface area contributed by atoms with Crippen LogP contribution in [0.4, 0.5) is 0 Å². The number of hydrogen-bond donors (Lipinski definition) is 2. The van der Waals surface area contributed by atoms with Gasteiger partial charge in [0.1, 0.15) is 0 Å². The second-order valence-corrected chi connectivity index (χ2v) is 4.17. The predicted molar refractivity (Wildman–Crippen MR) is 55.5 cm³/mol. The second kappa shape index (κ2) is 5.27. The maximum atomic E-state index is 3.40. The molecular weight excluding hydrogens is 168 g/mol. The molecule has 2 N–H and O–H groups in total. The van der Waals surface area contributed by atoms with Gasteiger partial charge in [-0.2, -0.15) is 11.8 Å². The third-order valence-corrected chi connectivity index (χ3v) is 2.80. The first-order chi connectivity index (χ1) is 5.83. The van der Waals surface area contributed by atoms with Gasteiger partial charge < -0.3 is 10.3 Å². The topological polar surface area (TPSA) is 27.8 Å². The van der Waals surface area contributed by atoms with Crippen molar-refractivity contribution in [2.45, 2.75) is 18.7 Å². The van der Waals surface area contributed by atoms with Gasteiger partial charge in [0.2, 0.25) is 0 Å². The molecule has 0 aliphatic heterocycles. The zero-order chi connectivity index (χ0) is 8.81. The lowest BCUT2D eigenvalue weighted by atomic mass is 10.3. The van der Waals surface area contributed by atoms with E-state index < -0.39 is 0 Å². The van der Waals surface area contributed by atoms with Crippen LogP contribution in [0, 0.1) is 0 Å². The first-order valence-electron chi connectivity index (χ1n) is 4.18. The van der Waals surface area contributed by atoms with Gasteiger partial charge >= 0.3 is 0 Å². The molecule has 0 bridgehead atoms. The van der Waals surface area contributed by atoms with Gasteiger partial charge in [0.15, 0.2) is 0 Å². The highest BCUT2D eigenvalue weighted by molar-refractivity contribution is 7.99. The van der Waals surface area contributed by atoms with Gasteiger partial charge in [0.05, 0.1) is 0 Å². The number of H-pyrrole nitrogens is 1. The molecule has 1 aromatic rings. The molecule has 1 rings (SSSR count). The Hall–Kier alpha value is -0.410. The van der Waals surface area contributed by atoms with Gasteiger partial charge in [0.25, 0.3) is 0 Å². The lowest BCUT2D eigenvalue weighted by molar-refractivity contribution is 0.685. The lowest BCUT2D eigenvalue weighted by Gasteiger charge is -2.08. The Morgan fingerprint density at radius 1 is 1.67 bits per heavy atom. The van der Waals surface area contributed by atoms with E-state index in [1.807, 2.05) is 24.2 Å². The Morgan fingerprint density at radius 3 is 3.08 bits per heavy atom. The van der Waals surface area contributed by atoms with Crippen LogP contribution in [0.5, 0.6) is 0 Å². The molecule has 12 heavy (non-hydrogen) atoms. The van der Waals surface area contributed by atoms with Gasteiger partial charge in [-0.3, -0.25) is 0 Å². The molecule has 68 valence electrons. The van der Waals surface area contributed by atoms with E-state index in [1.165, 1.54) is 5.56 Å². The zero-order valence-electron chi connectivity index (χ0n) is 7.63. The molecule has 0 saturated carbocycles. The van der Waals surface area contributed by atoms with Gasteiger partial charge in [0, 0.05) is 30.7 Å². The average molecular weight is 184 g/mol. The van der Waals surface area contributed by atoms with Crippen LogP contribution in [0.15, 0.2) is 18.5 Å². The highest BCUT2D eigenvalue weighted by Crippen LogP contribution is 2.03. The first-order valence-corrected chi connectivity index (χ1v) is 5.47. The monoisotopic (exact) mass is 184 g/mol. The lowest BCUT2D eigenvalue weighted by Crippen LogP contribution is -2.21. The summed E-state index contributed by atoms with van der Waals surface area (Å²) in [4.78, 5) is 3.04. The van der Waals surface area contributed by atoms with Crippen molar-refractivity contribution < 1.29 is 0 Å². The summed E-state index contributed by atoms with van der Waals surface area (Å²) in [6.45, 7) is 4.27. The minimum atomic E-state index is 0.698. The summed E-state index contributed by atoms with van der Waals surface area (Å²) in [5, 5.41) is 4.10. The molecule has 1 atom stereocenters. The van der Waals surface area contributed by atoms with Gasteiger partial charge in [-0.05, 0) is 17.9 Å². The minimum Gasteiger partial charge on any atom is -0.367 e. The summed E-state index contributed by atoms with van der Waals surface area (Å²) in [7, 11) is 0. The Morgan fingerprint density at radius 2 is 2.50 bits per heavy atom. The molecule has 3 heteroatoms. The third kappa shape index (κ3) is 3.32. The van der Waals surface area contributed by atoms with E-state index in [0.29, 0.717) is 5.25 Å². The molecule has 0 aromatic carbocycles. The maximum absolute atomic E-state index is 3.40. The quantitative estimate of drug-likeness (QED) is 0.731. The number of aromatic nitrogens is 1. The van der Waals surface area contributed by atoms with Crippen LogP contribution in [0.3, 0.4) is 0 Å². The molecule has 1 heterocycles. The molecule has 2 nitrogen and oxygen atoms in total. The standard InChI is InChI=1S/C9H16N2S/c1-8(12-2)5-11-7-9-3-4-10-6-9/h3-4,6,8,10-11H,5,7H2,1-2H3. The van der Waals surface area contributed by atoms with E-state index in [-0.39, 0.29) is 0 Å². The number of rotatable bonds is 5. The summed E-state index contributed by atoms with van der Waals surface area (Å²) < 4.78 is 0. The molecule has 0 spiro atoms. The normalized spacial score (nSPS) is 13.2. The predicted octanol–water partition coefficient (Wildman–Crippen LogP) is 1.86. The van der Waals surface area contributed by atoms with E-state index in [4.69, 9.17) is 0 Å². The van der Waals surface area contributed by atoms with Crippen LogP contribution >= 0.6 is 11.8 Å². The van der Waals surface area contributed by atoms with Crippen LogP contribution in [0.1, 0.15) is 12.5 Å². The third-order valence-electron chi connectivity index (χ3n) is 1.83. The van der Waals surface area contributed by atoms with Crippen LogP contribution in [0.25, 0.3) is 0 Å². The number of nitrogens with one attached hydrogen (secondary N) is 2. The van der Waals surface area contributed by atoms with Crippen molar-refractivity contribution in [3.63, 3.8) is 0 Å². The van der Waals surface area contributed by atoms with Crippen molar-refractivity contribution >= 4 is 11.8 Å². The Labute approximate surface area is 78.1 Å². The molecule has 1 unspecified atom stereocenters. The largest absolute Gasteiger partial charge is 0.367 e. The second-order valence-electron chi connectivity index (χ2n) is 2.90. The molecule has 0 saturated heterocycles. The molecule has 0 aliphatic carbocycles. The number of aromatic amines is 1. The van der Waals surface area contributed by atoms with E-state index in [0.717, 1.165) is 13.1 Å². The number of hydrogen-bond acceptors (Lipinski definition) is 2. The highest BCUT2D eigenvalue weighted by atomic mass is 32.2. The van der Waals surface area contributed by atoms with Gasteiger partial charge in [-0.1, -0.05) is 6.92 Å². The fraction of sp³-hybridized carbons (Fsp3) is 0.556. The SMILES string of the molecule is CSC(C)CNCc1cc[nH]c1. The van der Waals surface area contributed by atoms with Gasteiger partial charge in [-0.15, -0.1) is 0 Å². The Balaban J connectivity index is 2.11. The van der Waals surface area contributed by atoms with Crippen LogP contribution in [-0.2, 0) is 6.54 Å². The van der Waals surface area contributed by atoms with E-state index in [2.05, 4.69) is 29.5 Å². The fourth-order valence-corrected chi connectivity index (χ4v) is 1.26. The Bertz CT molecular complexity index is 196. The number of thioether (sulfide) groups is 1. The molecular formula is C9H16N2S. The highest BCUT2D eigenvalue weighted by Gasteiger charge is 1.97. The van der Waals surface area contributed by atoms with Gasteiger partial charge in [-0.25, -0.2) is 0 Å². The molecule has 0 aliphatic rings. The van der Waals surface area contributed by atoms with E-state index in [1.54, 1.807) is 0 Å². The van der Waals surface area contributed by atoms with Crippen molar-refractivity contribution in [2.75, 3.05) is 12.8 Å². The summed E-state index contributed by atoms with van der Waals surface area (Å²) in [6.07, 6.45) is 6.12. The molecule has 0 amide bonds. The summed E-state index contributed by atoms with van der Waals surface area (Å²) in [5.41, 5.74) is 1.32. The van der Waals surface area contributed by atoms with Crippen LogP contribution < -0.4 is 5.32 Å². The smallest absolute Gasteiger partial charge is 0.0220 e. The van der Waals surface area contributed by atoms with E-state index >= 15 is 0 Å². The Kier molecular flexibility index (Phi) is 4.25. The average Bonchev–Trinajstić information content (AvgIpc) is 2.57. The van der Waals surface area contributed by atoms with Crippen molar-refractivity contribution in [2.24, 2.45) is 0 Å². The summed E-state index contributed by atoms with van der Waals surface area (Å²) >= 11 is 1.89. The zero-order valence-corrected chi connectivity index (χ0v) is 8.45. The summed E-state index contributed by atoms with van der Waals surface area (Å²) in [6, 6.07) is 2.09. The van der Waals surface area contributed by atoms with Crippen molar-refractivity contribution in [3.05, 3.63) is 24.0 Å². The first kappa shape index (κ1) is 9.68. The molecule has 1 aromatic heterocycles. The minimum absolute atomic E-state index is 0.698. The maximum Gasteiger partial charge on any atom is 0.0220 e. The van der Waals surface area contributed by atoms with Crippen molar-refractivity contribution in [1.82, 2.24) is 10.3 Å². The van der Waals surface area contributed by atoms with Crippen molar-refractivity contribution in [3.8, 4) is 0 Å². The van der Waals surface area contributed by atoms with Crippen LogP contribution in [0.2, 0.25) is 0 Å².